The Bertz CT molecular complexity index is 1620. The summed E-state index contributed by atoms with van der Waals surface area (Å²) in [7, 11) is -1.20. The highest BCUT2D eigenvalue weighted by molar-refractivity contribution is 7.92. The van der Waals surface area contributed by atoms with Crippen molar-refractivity contribution in [2.45, 2.75) is 13.1 Å². The molecule has 0 unspecified atom stereocenters. The fourth-order valence-electron chi connectivity index (χ4n) is 3.62. The van der Waals surface area contributed by atoms with E-state index in [1.165, 1.54) is 43.8 Å². The van der Waals surface area contributed by atoms with Crippen molar-refractivity contribution >= 4 is 33.3 Å². The number of nitrogens with zero attached hydrogens (tertiary/aromatic N) is 3. The Hall–Kier alpha value is -4.91. The minimum Gasteiger partial charge on any atom is -0.465 e. The van der Waals surface area contributed by atoms with Crippen molar-refractivity contribution in [1.29, 1.82) is 0 Å². The fraction of sp³-hybridized carbons (Fsp3) is 0.172. The molecular weight excluding hydrogens is 570 g/mol. The first-order valence-electron chi connectivity index (χ1n) is 12.3. The molecule has 0 spiro atoms. The number of ether oxygens (including phenoxy) is 2. The summed E-state index contributed by atoms with van der Waals surface area (Å²) in [6, 6.07) is 15.1. The molecule has 2 aromatic carbocycles. The summed E-state index contributed by atoms with van der Waals surface area (Å²) in [5.74, 6) is -2.82. The molecule has 0 radical (unpaired) electrons. The molecule has 0 saturated heterocycles. The third-order valence-electron chi connectivity index (χ3n) is 5.70. The first-order chi connectivity index (χ1) is 20.0. The predicted octanol–water partition coefficient (Wildman–Crippen LogP) is 4.59. The number of methoxy groups -OCH3 is 2. The van der Waals surface area contributed by atoms with Crippen LogP contribution in [0.4, 0.5) is 20.2 Å². The molecule has 0 atom stereocenters. The number of benzene rings is 2. The molecule has 0 fully saturated rings. The zero-order chi connectivity index (χ0) is 30.7. The highest BCUT2D eigenvalue weighted by Crippen LogP contribution is 2.21. The van der Waals surface area contributed by atoms with E-state index in [1.807, 2.05) is 12.1 Å². The predicted molar refractivity (Wildman–Crippen MR) is 152 cm³/mol. The molecule has 0 aliphatic heterocycles. The van der Waals surface area contributed by atoms with Gasteiger partial charge in [-0.05, 0) is 59.7 Å². The lowest BCUT2D eigenvalue weighted by Crippen LogP contribution is -2.29. The lowest BCUT2D eigenvalue weighted by atomic mass is 10.1. The van der Waals surface area contributed by atoms with Gasteiger partial charge in [-0.3, -0.25) is 14.3 Å². The van der Waals surface area contributed by atoms with Crippen molar-refractivity contribution in [3.8, 4) is 0 Å². The van der Waals surface area contributed by atoms with Gasteiger partial charge >= 0.3 is 11.9 Å². The van der Waals surface area contributed by atoms with Gasteiger partial charge in [0.2, 0.25) is 10.0 Å². The van der Waals surface area contributed by atoms with E-state index in [1.54, 1.807) is 30.6 Å². The molecule has 4 rings (SSSR count). The van der Waals surface area contributed by atoms with Gasteiger partial charge in [-0.25, -0.2) is 26.8 Å². The van der Waals surface area contributed by atoms with Gasteiger partial charge in [0.15, 0.2) is 0 Å². The van der Waals surface area contributed by atoms with E-state index in [0.29, 0.717) is 17.8 Å². The van der Waals surface area contributed by atoms with Crippen LogP contribution in [0, 0.1) is 11.6 Å². The monoisotopic (exact) mass is 598 g/mol. The highest BCUT2D eigenvalue weighted by Gasteiger charge is 2.20. The Morgan fingerprint density at radius 3 is 1.86 bits per heavy atom. The molecule has 42 heavy (non-hydrogen) atoms. The van der Waals surface area contributed by atoms with E-state index in [4.69, 9.17) is 0 Å². The molecule has 220 valence electrons. The molecular formula is C29H28F2N4O6S. The molecule has 0 aliphatic carbocycles. The van der Waals surface area contributed by atoms with Crippen molar-refractivity contribution in [3.63, 3.8) is 0 Å². The second kappa shape index (κ2) is 14.6. The van der Waals surface area contributed by atoms with Crippen molar-refractivity contribution < 1.29 is 36.3 Å². The zero-order valence-electron chi connectivity index (χ0n) is 23.0. The third-order valence-corrected chi connectivity index (χ3v) is 6.84. The molecule has 0 saturated carbocycles. The molecule has 1 N–H and O–H groups in total. The zero-order valence-corrected chi connectivity index (χ0v) is 23.8. The molecule has 2 heterocycles. The third kappa shape index (κ3) is 8.80. The maximum absolute atomic E-state index is 14.0. The number of nitrogens with one attached hydrogen (secondary N) is 1. The van der Waals surface area contributed by atoms with E-state index < -0.39 is 33.6 Å². The number of anilines is 2. The van der Waals surface area contributed by atoms with Crippen LogP contribution in [0.15, 0.2) is 85.5 Å². The standard InChI is InChI=1S/C15H15FN2O4S.C14H13FN2O2/c1-22-15(19)13-6-5-11(8-14(13)16)10-18(23(2,20)21)12-4-3-7-17-9-12;1-19-14(18)12-5-4-10(7-13(12)15)8-17-11-3-2-6-16-9-11/h3-9H,10H2,1-2H3;2-7,9,17H,8H2,1H3. The number of hydrogen-bond donors (Lipinski definition) is 1. The fourth-order valence-corrected chi connectivity index (χ4v) is 4.49. The number of esters is 2. The Balaban J connectivity index is 0.000000235. The Labute approximate surface area is 242 Å². The van der Waals surface area contributed by atoms with Crippen molar-refractivity contribution in [2.75, 3.05) is 30.1 Å². The lowest BCUT2D eigenvalue weighted by molar-refractivity contribution is 0.0586. The normalized spacial score (nSPS) is 10.6. The molecule has 2 aromatic heterocycles. The first-order valence-corrected chi connectivity index (χ1v) is 14.1. The van der Waals surface area contributed by atoms with Gasteiger partial charge < -0.3 is 14.8 Å². The minimum atomic E-state index is -3.58. The summed E-state index contributed by atoms with van der Waals surface area (Å²) in [5, 5.41) is 3.11. The second-order valence-corrected chi connectivity index (χ2v) is 10.6. The molecule has 4 aromatic rings. The number of hydrogen-bond acceptors (Lipinski definition) is 9. The quantitative estimate of drug-likeness (QED) is 0.275. The topological polar surface area (TPSA) is 128 Å². The van der Waals surface area contributed by atoms with Gasteiger partial charge in [0.1, 0.15) is 11.6 Å². The van der Waals surface area contributed by atoms with Crippen LogP contribution in [-0.4, -0.2) is 50.8 Å². The summed E-state index contributed by atoms with van der Waals surface area (Å²) >= 11 is 0. The Morgan fingerprint density at radius 1 is 0.833 bits per heavy atom. The maximum Gasteiger partial charge on any atom is 0.340 e. The van der Waals surface area contributed by atoms with E-state index in [-0.39, 0.29) is 17.7 Å². The van der Waals surface area contributed by atoms with Gasteiger partial charge in [-0.1, -0.05) is 12.1 Å². The molecule has 0 amide bonds. The number of sulfonamides is 1. The summed E-state index contributed by atoms with van der Waals surface area (Å²) < 4.78 is 61.6. The number of carbonyl (C=O) groups excluding carboxylic acids is 2. The van der Waals surface area contributed by atoms with Crippen molar-refractivity contribution in [1.82, 2.24) is 9.97 Å². The van der Waals surface area contributed by atoms with E-state index >= 15 is 0 Å². The smallest absolute Gasteiger partial charge is 0.340 e. The van der Waals surface area contributed by atoms with Gasteiger partial charge in [-0.15, -0.1) is 0 Å². The number of carbonyl (C=O) groups is 2. The average Bonchev–Trinajstić information content (AvgIpc) is 2.99. The number of rotatable bonds is 9. The number of pyridine rings is 2. The lowest BCUT2D eigenvalue weighted by Gasteiger charge is -2.22. The van der Waals surface area contributed by atoms with Gasteiger partial charge in [-0.2, -0.15) is 0 Å². The Kier molecular flexibility index (Phi) is 11.0. The summed E-state index contributed by atoms with van der Waals surface area (Å²) in [5.41, 5.74) is 2.07. The van der Waals surface area contributed by atoms with Gasteiger partial charge in [0, 0.05) is 25.1 Å². The largest absolute Gasteiger partial charge is 0.465 e. The van der Waals surface area contributed by atoms with E-state index in [9.17, 15) is 26.8 Å². The van der Waals surface area contributed by atoms with Crippen LogP contribution < -0.4 is 9.62 Å². The molecule has 0 bridgehead atoms. The van der Waals surface area contributed by atoms with Crippen LogP contribution in [0.2, 0.25) is 0 Å². The van der Waals surface area contributed by atoms with Crippen LogP contribution in [0.1, 0.15) is 31.8 Å². The van der Waals surface area contributed by atoms with Crippen LogP contribution >= 0.6 is 0 Å². The van der Waals surface area contributed by atoms with Crippen LogP contribution in [0.5, 0.6) is 0 Å². The minimum absolute atomic E-state index is 0.0624. The molecule has 0 aliphatic rings. The van der Waals surface area contributed by atoms with Crippen LogP contribution in [0.25, 0.3) is 0 Å². The summed E-state index contributed by atoms with van der Waals surface area (Å²) in [4.78, 5) is 30.5. The summed E-state index contributed by atoms with van der Waals surface area (Å²) in [6.45, 7) is 0.368. The van der Waals surface area contributed by atoms with E-state index in [0.717, 1.165) is 35.0 Å². The number of aromatic nitrogens is 2. The SMILES string of the molecule is COC(=O)c1ccc(CN(c2cccnc2)S(C)(=O)=O)cc1F.COC(=O)c1ccc(CNc2cccnc2)cc1F. The van der Waals surface area contributed by atoms with E-state index in [2.05, 4.69) is 24.8 Å². The Morgan fingerprint density at radius 2 is 1.38 bits per heavy atom. The van der Waals surface area contributed by atoms with Gasteiger partial charge in [0.05, 0.1) is 55.7 Å². The average molecular weight is 599 g/mol. The van der Waals surface area contributed by atoms with Gasteiger partial charge in [0.25, 0.3) is 0 Å². The molecule has 10 nitrogen and oxygen atoms in total. The first kappa shape index (κ1) is 31.6. The maximum atomic E-state index is 14.0. The summed E-state index contributed by atoms with van der Waals surface area (Å²) in [6.07, 6.45) is 7.34. The van der Waals surface area contributed by atoms with Crippen molar-refractivity contribution in [2.24, 2.45) is 0 Å². The number of halogens is 2. The van der Waals surface area contributed by atoms with Crippen LogP contribution in [-0.2, 0) is 32.6 Å². The highest BCUT2D eigenvalue weighted by atomic mass is 32.2. The van der Waals surface area contributed by atoms with Crippen LogP contribution in [0.3, 0.4) is 0 Å². The molecule has 13 heteroatoms. The van der Waals surface area contributed by atoms with Crippen molar-refractivity contribution in [3.05, 3.63) is 119 Å². The second-order valence-electron chi connectivity index (χ2n) is 8.69.